The third-order valence-corrected chi connectivity index (χ3v) is 8.05. The first kappa shape index (κ1) is 21.0. The highest BCUT2D eigenvalue weighted by molar-refractivity contribution is 7.89. The lowest BCUT2D eigenvalue weighted by atomic mass is 10.1. The van der Waals surface area contributed by atoms with E-state index in [1.165, 1.54) is 32.5 Å². The second kappa shape index (κ2) is 8.14. The Kier molecular flexibility index (Phi) is 5.71. The van der Waals surface area contributed by atoms with Gasteiger partial charge in [0.05, 0.1) is 5.69 Å². The van der Waals surface area contributed by atoms with Gasteiger partial charge in [0.2, 0.25) is 10.0 Å². The fourth-order valence-electron chi connectivity index (χ4n) is 3.47. The number of halogens is 1. The molecule has 0 saturated carbocycles. The molecule has 1 aliphatic heterocycles. The van der Waals surface area contributed by atoms with E-state index in [2.05, 4.69) is 10.3 Å². The minimum atomic E-state index is -3.58. The van der Waals surface area contributed by atoms with Crippen molar-refractivity contribution < 1.29 is 13.2 Å². The SMILES string of the molecule is Cc1sc(NC(=O)c2cc(S(=O)(=O)N3CCCC3)cn2C)nc1-c1ccc(Cl)cc1. The Labute approximate surface area is 184 Å². The molecule has 0 spiro atoms. The summed E-state index contributed by atoms with van der Waals surface area (Å²) in [6.07, 6.45) is 3.20. The van der Waals surface area contributed by atoms with Crippen molar-refractivity contribution in [1.29, 1.82) is 0 Å². The molecule has 1 fully saturated rings. The van der Waals surface area contributed by atoms with Crippen LogP contribution in [-0.2, 0) is 17.1 Å². The van der Waals surface area contributed by atoms with Gasteiger partial charge in [0, 0.05) is 41.8 Å². The van der Waals surface area contributed by atoms with Crippen molar-refractivity contribution in [3.63, 3.8) is 0 Å². The zero-order chi connectivity index (χ0) is 21.5. The fourth-order valence-corrected chi connectivity index (χ4v) is 6.01. The number of nitrogens with zero attached hydrogens (tertiary/aromatic N) is 3. The average Bonchev–Trinajstić information content (AvgIpc) is 3.43. The van der Waals surface area contributed by atoms with Crippen LogP contribution in [0.2, 0.25) is 5.02 Å². The lowest BCUT2D eigenvalue weighted by molar-refractivity contribution is 0.101. The zero-order valence-electron chi connectivity index (χ0n) is 16.6. The molecule has 3 aromatic rings. The Balaban J connectivity index is 1.56. The summed E-state index contributed by atoms with van der Waals surface area (Å²) in [6, 6.07) is 8.76. The first-order chi connectivity index (χ1) is 14.3. The molecule has 1 amide bonds. The number of carbonyl (C=O) groups is 1. The monoisotopic (exact) mass is 464 g/mol. The Morgan fingerprint density at radius 1 is 1.20 bits per heavy atom. The van der Waals surface area contributed by atoms with E-state index in [1.54, 1.807) is 19.2 Å². The number of aryl methyl sites for hydroxylation is 2. The number of hydrogen-bond acceptors (Lipinski definition) is 5. The van der Waals surface area contributed by atoms with Gasteiger partial charge in [-0.05, 0) is 38.0 Å². The van der Waals surface area contributed by atoms with E-state index in [0.717, 1.165) is 29.0 Å². The number of aromatic nitrogens is 2. The van der Waals surface area contributed by atoms with Crippen LogP contribution >= 0.6 is 22.9 Å². The smallest absolute Gasteiger partial charge is 0.274 e. The normalized spacial score (nSPS) is 14.9. The molecule has 30 heavy (non-hydrogen) atoms. The molecular formula is C20H21ClN4O3S2. The van der Waals surface area contributed by atoms with E-state index >= 15 is 0 Å². The van der Waals surface area contributed by atoms with Gasteiger partial charge in [-0.1, -0.05) is 23.7 Å². The maximum atomic E-state index is 12.8. The van der Waals surface area contributed by atoms with Crippen LogP contribution in [0.3, 0.4) is 0 Å². The van der Waals surface area contributed by atoms with E-state index in [-0.39, 0.29) is 10.6 Å². The summed E-state index contributed by atoms with van der Waals surface area (Å²) < 4.78 is 28.5. The van der Waals surface area contributed by atoms with E-state index in [4.69, 9.17) is 11.6 Å². The predicted octanol–water partition coefficient (Wildman–Crippen LogP) is 4.15. The number of hydrogen-bond donors (Lipinski definition) is 1. The van der Waals surface area contributed by atoms with E-state index in [9.17, 15) is 13.2 Å². The van der Waals surface area contributed by atoms with E-state index in [1.807, 2.05) is 19.1 Å². The van der Waals surface area contributed by atoms with Gasteiger partial charge in [0.15, 0.2) is 5.13 Å². The summed E-state index contributed by atoms with van der Waals surface area (Å²) in [5.74, 6) is -0.406. The number of thiazole rings is 1. The summed E-state index contributed by atoms with van der Waals surface area (Å²) in [5, 5.41) is 3.88. The molecule has 1 aliphatic rings. The molecule has 0 radical (unpaired) electrons. The molecular weight excluding hydrogens is 444 g/mol. The lowest BCUT2D eigenvalue weighted by Gasteiger charge is -2.13. The minimum absolute atomic E-state index is 0.134. The molecule has 0 aliphatic carbocycles. The van der Waals surface area contributed by atoms with Crippen molar-refractivity contribution in [2.45, 2.75) is 24.7 Å². The summed E-state index contributed by atoms with van der Waals surface area (Å²) in [6.45, 7) is 2.97. The van der Waals surface area contributed by atoms with Crippen LogP contribution in [0.5, 0.6) is 0 Å². The highest BCUT2D eigenvalue weighted by Gasteiger charge is 2.29. The van der Waals surface area contributed by atoms with Crippen molar-refractivity contribution in [3.05, 3.63) is 52.1 Å². The van der Waals surface area contributed by atoms with Crippen LogP contribution in [0.25, 0.3) is 11.3 Å². The lowest BCUT2D eigenvalue weighted by Crippen LogP contribution is -2.27. The highest BCUT2D eigenvalue weighted by atomic mass is 35.5. The van der Waals surface area contributed by atoms with Crippen LogP contribution in [-0.4, -0.2) is 41.3 Å². The number of rotatable bonds is 5. The molecule has 0 unspecified atom stereocenters. The summed E-state index contributed by atoms with van der Waals surface area (Å²) in [7, 11) is -1.92. The molecule has 1 saturated heterocycles. The average molecular weight is 465 g/mol. The van der Waals surface area contributed by atoms with Gasteiger partial charge in [-0.3, -0.25) is 10.1 Å². The number of anilines is 1. The quantitative estimate of drug-likeness (QED) is 0.614. The first-order valence-electron chi connectivity index (χ1n) is 9.47. The number of sulfonamides is 1. The van der Waals surface area contributed by atoms with Crippen molar-refractivity contribution in [3.8, 4) is 11.3 Å². The number of nitrogens with one attached hydrogen (secondary N) is 1. The van der Waals surface area contributed by atoms with Crippen LogP contribution in [0.15, 0.2) is 41.4 Å². The van der Waals surface area contributed by atoms with Crippen LogP contribution in [0, 0.1) is 6.92 Å². The molecule has 7 nitrogen and oxygen atoms in total. The zero-order valence-corrected chi connectivity index (χ0v) is 18.9. The van der Waals surface area contributed by atoms with E-state index < -0.39 is 15.9 Å². The maximum Gasteiger partial charge on any atom is 0.274 e. The summed E-state index contributed by atoms with van der Waals surface area (Å²) in [5.41, 5.74) is 1.94. The third-order valence-electron chi connectivity index (χ3n) is 5.05. The Bertz CT molecular complexity index is 1190. The number of amides is 1. The first-order valence-corrected chi connectivity index (χ1v) is 12.1. The largest absolute Gasteiger partial charge is 0.345 e. The van der Waals surface area contributed by atoms with Crippen LogP contribution < -0.4 is 5.32 Å². The van der Waals surface area contributed by atoms with Gasteiger partial charge in [0.1, 0.15) is 10.6 Å². The van der Waals surface area contributed by atoms with Gasteiger partial charge in [-0.15, -0.1) is 11.3 Å². The van der Waals surface area contributed by atoms with Gasteiger partial charge >= 0.3 is 0 Å². The predicted molar refractivity (Wildman–Crippen MR) is 119 cm³/mol. The van der Waals surface area contributed by atoms with Gasteiger partial charge in [0.25, 0.3) is 5.91 Å². The molecule has 2 aromatic heterocycles. The Morgan fingerprint density at radius 3 is 2.53 bits per heavy atom. The van der Waals surface area contributed by atoms with Gasteiger partial charge in [-0.2, -0.15) is 4.31 Å². The standard InChI is InChI=1S/C20H21ClN4O3S2/c1-13-18(14-5-7-15(21)8-6-14)22-20(29-13)23-19(26)17-11-16(12-24(17)2)30(27,28)25-9-3-4-10-25/h5-8,11-12H,3-4,9-10H2,1-2H3,(H,22,23,26). The van der Waals surface area contributed by atoms with E-state index in [0.29, 0.717) is 23.2 Å². The second-order valence-electron chi connectivity index (χ2n) is 7.17. The molecule has 0 atom stereocenters. The van der Waals surface area contributed by atoms with Gasteiger partial charge in [-0.25, -0.2) is 13.4 Å². The molecule has 3 heterocycles. The van der Waals surface area contributed by atoms with Crippen LogP contribution in [0.4, 0.5) is 5.13 Å². The third kappa shape index (κ3) is 4.02. The molecule has 0 bridgehead atoms. The number of carbonyl (C=O) groups excluding carboxylic acids is 1. The molecule has 1 N–H and O–H groups in total. The topological polar surface area (TPSA) is 84.3 Å². The van der Waals surface area contributed by atoms with Gasteiger partial charge < -0.3 is 4.57 Å². The molecule has 1 aromatic carbocycles. The maximum absolute atomic E-state index is 12.8. The highest BCUT2D eigenvalue weighted by Crippen LogP contribution is 2.31. The Morgan fingerprint density at radius 2 is 1.87 bits per heavy atom. The minimum Gasteiger partial charge on any atom is -0.345 e. The number of benzene rings is 1. The molecule has 158 valence electrons. The summed E-state index contributed by atoms with van der Waals surface area (Å²) in [4.78, 5) is 18.4. The summed E-state index contributed by atoms with van der Waals surface area (Å²) >= 11 is 7.31. The molecule has 10 heteroatoms. The Hall–Kier alpha value is -2.20. The van der Waals surface area contributed by atoms with Crippen molar-refractivity contribution >= 4 is 44.0 Å². The van der Waals surface area contributed by atoms with Crippen molar-refractivity contribution in [2.75, 3.05) is 18.4 Å². The fraction of sp³-hybridized carbons (Fsp3) is 0.300. The van der Waals surface area contributed by atoms with Crippen molar-refractivity contribution in [2.24, 2.45) is 7.05 Å². The molecule has 4 rings (SSSR count). The van der Waals surface area contributed by atoms with Crippen LogP contribution in [0.1, 0.15) is 28.2 Å². The second-order valence-corrected chi connectivity index (χ2v) is 10.7. The van der Waals surface area contributed by atoms with Crippen molar-refractivity contribution in [1.82, 2.24) is 13.9 Å².